The maximum atomic E-state index is 5.90. The van der Waals surface area contributed by atoms with E-state index in [-0.39, 0.29) is 0 Å². The molecule has 0 radical (unpaired) electrons. The Hall–Kier alpha value is -1.84. The van der Waals surface area contributed by atoms with Crippen molar-refractivity contribution in [3.8, 4) is 11.1 Å². The van der Waals surface area contributed by atoms with Crippen LogP contribution in [0.3, 0.4) is 0 Å². The summed E-state index contributed by atoms with van der Waals surface area (Å²) in [5.74, 6) is 1.24. The smallest absolute Gasteiger partial charge is 0.230 e. The summed E-state index contributed by atoms with van der Waals surface area (Å²) >= 11 is 0. The summed E-state index contributed by atoms with van der Waals surface area (Å²) in [5.41, 5.74) is 8.78. The van der Waals surface area contributed by atoms with Crippen molar-refractivity contribution in [2.24, 2.45) is 5.92 Å². The molecule has 1 fully saturated rings. The summed E-state index contributed by atoms with van der Waals surface area (Å²) in [4.78, 5) is 4.14. The van der Waals surface area contributed by atoms with Gasteiger partial charge in [0.15, 0.2) is 0 Å². The van der Waals surface area contributed by atoms with Gasteiger partial charge in [0.2, 0.25) is 5.88 Å². The van der Waals surface area contributed by atoms with Crippen molar-refractivity contribution in [2.75, 3.05) is 5.73 Å². The molecular weight excluding hydrogens is 238 g/mol. The Morgan fingerprint density at radius 2 is 2.16 bits per heavy atom. The molecule has 4 nitrogen and oxygen atoms in total. The Morgan fingerprint density at radius 1 is 1.32 bits per heavy atom. The zero-order valence-corrected chi connectivity index (χ0v) is 11.0. The van der Waals surface area contributed by atoms with Crippen LogP contribution in [0.4, 0.5) is 5.88 Å². The van der Waals surface area contributed by atoms with Crippen molar-refractivity contribution < 1.29 is 4.52 Å². The Balaban J connectivity index is 1.78. The quantitative estimate of drug-likeness (QED) is 0.911. The fraction of sp³-hybridized carbons (Fsp3) is 0.467. The van der Waals surface area contributed by atoms with E-state index in [1.807, 2.05) is 18.3 Å². The molecule has 100 valence electrons. The Kier molecular flexibility index (Phi) is 3.49. The molecule has 19 heavy (non-hydrogen) atoms. The topological polar surface area (TPSA) is 64.9 Å². The average molecular weight is 257 g/mol. The van der Waals surface area contributed by atoms with E-state index < -0.39 is 0 Å². The van der Waals surface area contributed by atoms with Crippen molar-refractivity contribution in [1.82, 2.24) is 10.1 Å². The van der Waals surface area contributed by atoms with Crippen LogP contribution >= 0.6 is 0 Å². The molecule has 2 aromatic heterocycles. The lowest BCUT2D eigenvalue weighted by atomic mass is 9.97. The second-order valence-corrected chi connectivity index (χ2v) is 5.30. The zero-order chi connectivity index (χ0) is 13.1. The van der Waals surface area contributed by atoms with E-state index in [0.717, 1.165) is 29.2 Å². The minimum atomic E-state index is 0.398. The van der Waals surface area contributed by atoms with Crippen molar-refractivity contribution in [3.63, 3.8) is 0 Å². The molecule has 0 aromatic carbocycles. The third kappa shape index (κ3) is 2.62. The summed E-state index contributed by atoms with van der Waals surface area (Å²) < 4.78 is 5.17. The number of pyridine rings is 1. The molecule has 2 heterocycles. The number of hydrogen-bond acceptors (Lipinski definition) is 4. The van der Waals surface area contributed by atoms with Crippen LogP contribution in [0.2, 0.25) is 0 Å². The van der Waals surface area contributed by atoms with E-state index in [1.165, 1.54) is 32.1 Å². The molecular formula is C15H19N3O. The third-order valence-corrected chi connectivity index (χ3v) is 4.00. The molecule has 2 aromatic rings. The molecule has 3 rings (SSSR count). The standard InChI is InChI=1S/C15H19N3O/c16-15-14(12-6-3-9-17-10-12)13(18-19-15)8-7-11-4-1-2-5-11/h3,6,9-11H,1-2,4-5,7-8,16H2. The number of aryl methyl sites for hydroxylation is 1. The van der Waals surface area contributed by atoms with Gasteiger partial charge in [0, 0.05) is 18.0 Å². The van der Waals surface area contributed by atoms with Crippen LogP contribution in [0.1, 0.15) is 37.8 Å². The predicted octanol–water partition coefficient (Wildman–Crippen LogP) is 3.44. The first-order chi connectivity index (χ1) is 9.34. The SMILES string of the molecule is Nc1onc(CCC2CCCC2)c1-c1cccnc1. The number of rotatable bonds is 4. The first-order valence-electron chi connectivity index (χ1n) is 6.99. The van der Waals surface area contributed by atoms with Crippen molar-refractivity contribution >= 4 is 5.88 Å². The third-order valence-electron chi connectivity index (χ3n) is 4.00. The number of hydrogen-bond donors (Lipinski definition) is 1. The Labute approximate surface area is 113 Å². The molecule has 0 saturated heterocycles. The van der Waals surface area contributed by atoms with E-state index in [0.29, 0.717) is 5.88 Å². The van der Waals surface area contributed by atoms with Gasteiger partial charge in [0.25, 0.3) is 0 Å². The van der Waals surface area contributed by atoms with Gasteiger partial charge in [-0.3, -0.25) is 4.98 Å². The van der Waals surface area contributed by atoms with Crippen molar-refractivity contribution in [3.05, 3.63) is 30.2 Å². The molecule has 0 atom stereocenters. The van der Waals surface area contributed by atoms with E-state index in [1.54, 1.807) is 6.20 Å². The Morgan fingerprint density at radius 3 is 2.89 bits per heavy atom. The van der Waals surface area contributed by atoms with Crippen LogP contribution in [-0.2, 0) is 6.42 Å². The fourth-order valence-corrected chi connectivity index (χ4v) is 2.97. The number of anilines is 1. The molecule has 1 saturated carbocycles. The minimum Gasteiger partial charge on any atom is -0.367 e. The van der Waals surface area contributed by atoms with Gasteiger partial charge in [-0.05, 0) is 24.8 Å². The molecule has 0 amide bonds. The molecule has 0 bridgehead atoms. The largest absolute Gasteiger partial charge is 0.367 e. The minimum absolute atomic E-state index is 0.398. The summed E-state index contributed by atoms with van der Waals surface area (Å²) in [7, 11) is 0. The highest BCUT2D eigenvalue weighted by Crippen LogP contribution is 2.33. The maximum absolute atomic E-state index is 5.90. The highest BCUT2D eigenvalue weighted by atomic mass is 16.5. The molecule has 1 aliphatic carbocycles. The van der Waals surface area contributed by atoms with Crippen LogP contribution in [0.5, 0.6) is 0 Å². The van der Waals surface area contributed by atoms with Crippen molar-refractivity contribution in [2.45, 2.75) is 38.5 Å². The van der Waals surface area contributed by atoms with Gasteiger partial charge in [0.05, 0.1) is 11.3 Å². The van der Waals surface area contributed by atoms with Crippen LogP contribution in [0.25, 0.3) is 11.1 Å². The lowest BCUT2D eigenvalue weighted by Gasteiger charge is -2.07. The summed E-state index contributed by atoms with van der Waals surface area (Å²) in [6.07, 6.45) is 11.1. The van der Waals surface area contributed by atoms with Crippen LogP contribution in [-0.4, -0.2) is 10.1 Å². The second kappa shape index (κ2) is 5.43. The van der Waals surface area contributed by atoms with Gasteiger partial charge >= 0.3 is 0 Å². The van der Waals surface area contributed by atoms with Gasteiger partial charge in [-0.2, -0.15) is 0 Å². The van der Waals surface area contributed by atoms with E-state index in [4.69, 9.17) is 10.3 Å². The number of nitrogens with two attached hydrogens (primary N) is 1. The van der Waals surface area contributed by atoms with E-state index in [9.17, 15) is 0 Å². The van der Waals surface area contributed by atoms with Gasteiger partial charge in [0.1, 0.15) is 0 Å². The van der Waals surface area contributed by atoms with Gasteiger partial charge in [-0.15, -0.1) is 0 Å². The molecule has 2 N–H and O–H groups in total. The number of nitrogens with zero attached hydrogens (tertiary/aromatic N) is 2. The molecule has 1 aliphatic rings. The lowest BCUT2D eigenvalue weighted by molar-refractivity contribution is 0.419. The van der Waals surface area contributed by atoms with Crippen LogP contribution in [0, 0.1) is 5.92 Å². The summed E-state index contributed by atoms with van der Waals surface area (Å²) in [6, 6.07) is 3.90. The van der Waals surface area contributed by atoms with Crippen molar-refractivity contribution in [1.29, 1.82) is 0 Å². The summed E-state index contributed by atoms with van der Waals surface area (Å²) in [5, 5.41) is 4.13. The van der Waals surface area contributed by atoms with Gasteiger partial charge in [-0.1, -0.05) is 36.9 Å². The maximum Gasteiger partial charge on any atom is 0.230 e. The van der Waals surface area contributed by atoms with Gasteiger partial charge in [-0.25, -0.2) is 0 Å². The van der Waals surface area contributed by atoms with Crippen LogP contribution < -0.4 is 5.73 Å². The first kappa shape index (κ1) is 12.2. The highest BCUT2D eigenvalue weighted by Gasteiger charge is 2.19. The molecule has 0 aliphatic heterocycles. The average Bonchev–Trinajstić information content (AvgIpc) is 3.07. The van der Waals surface area contributed by atoms with Crippen LogP contribution in [0.15, 0.2) is 29.0 Å². The monoisotopic (exact) mass is 257 g/mol. The fourth-order valence-electron chi connectivity index (χ4n) is 2.97. The zero-order valence-electron chi connectivity index (χ0n) is 11.0. The van der Waals surface area contributed by atoms with Gasteiger partial charge < -0.3 is 10.3 Å². The predicted molar refractivity (Wildman–Crippen MR) is 74.4 cm³/mol. The first-order valence-corrected chi connectivity index (χ1v) is 6.99. The summed E-state index contributed by atoms with van der Waals surface area (Å²) in [6.45, 7) is 0. The Bertz CT molecular complexity index is 530. The molecule has 0 unspecified atom stereocenters. The second-order valence-electron chi connectivity index (χ2n) is 5.30. The number of aromatic nitrogens is 2. The highest BCUT2D eigenvalue weighted by molar-refractivity contribution is 5.74. The number of nitrogen functional groups attached to an aromatic ring is 1. The van der Waals surface area contributed by atoms with E-state index in [2.05, 4.69) is 10.1 Å². The normalized spacial score (nSPS) is 16.0. The molecule has 4 heteroatoms. The van der Waals surface area contributed by atoms with E-state index >= 15 is 0 Å². The molecule has 0 spiro atoms. The lowest BCUT2D eigenvalue weighted by Crippen LogP contribution is -1.98.